The Morgan fingerprint density at radius 3 is 1.98 bits per heavy atom. The number of aryl methyl sites for hydroxylation is 1. The van der Waals surface area contributed by atoms with Crippen molar-refractivity contribution in [2.24, 2.45) is 0 Å². The maximum atomic E-state index is 7.80. The molecule has 0 amide bonds. The van der Waals surface area contributed by atoms with Crippen molar-refractivity contribution in [1.29, 1.82) is 0 Å². The van der Waals surface area contributed by atoms with Crippen molar-refractivity contribution in [3.8, 4) is 33.8 Å². The molecule has 2 saturated heterocycles. The summed E-state index contributed by atoms with van der Waals surface area (Å²) in [6, 6.07) is 40.5. The minimum atomic E-state index is -0.867. The van der Waals surface area contributed by atoms with Crippen molar-refractivity contribution in [3.63, 3.8) is 0 Å². The number of nitrogens with zero attached hydrogens (tertiary/aromatic N) is 2. The summed E-state index contributed by atoms with van der Waals surface area (Å²) in [7, 11) is 1.79. The topological polar surface area (TPSA) is 43.4 Å². The van der Waals surface area contributed by atoms with Crippen molar-refractivity contribution in [1.82, 2.24) is 0 Å². The van der Waals surface area contributed by atoms with E-state index in [-0.39, 0.29) is 5.41 Å². The number of hydrogen-bond donors (Lipinski definition) is 0. The third-order valence-corrected chi connectivity index (χ3v) is 13.4. The van der Waals surface area contributed by atoms with Gasteiger partial charge in [0, 0.05) is 59.4 Å². The number of fused-ring (bicyclic) bond motifs is 8. The van der Waals surface area contributed by atoms with Crippen LogP contribution < -0.4 is 19.3 Å². The van der Waals surface area contributed by atoms with Gasteiger partial charge < -0.3 is 28.7 Å². The molecule has 1 atom stereocenters. The Labute approximate surface area is 342 Å². The molecule has 2 fully saturated rings. The maximum Gasteiger partial charge on any atom is 0.178 e. The van der Waals surface area contributed by atoms with E-state index in [1.54, 1.807) is 7.11 Å². The quantitative estimate of drug-likeness (QED) is 0.154. The predicted octanol–water partition coefficient (Wildman–Crippen LogP) is 10.9. The van der Waals surface area contributed by atoms with Crippen LogP contribution >= 0.6 is 0 Å². The fourth-order valence-corrected chi connectivity index (χ4v) is 10.3. The minimum Gasteiger partial charge on any atom is -0.495 e. The van der Waals surface area contributed by atoms with E-state index in [9.17, 15) is 0 Å². The molecule has 6 nitrogen and oxygen atoms in total. The number of rotatable bonds is 8. The van der Waals surface area contributed by atoms with Gasteiger partial charge in [-0.3, -0.25) is 0 Å². The van der Waals surface area contributed by atoms with Gasteiger partial charge in [-0.2, -0.15) is 0 Å². The Hall–Kier alpha value is -5.56. The van der Waals surface area contributed by atoms with E-state index in [0.717, 1.165) is 91.5 Å². The molecule has 3 aliphatic heterocycles. The molecule has 6 heteroatoms. The van der Waals surface area contributed by atoms with Crippen LogP contribution in [0.5, 0.6) is 11.5 Å². The lowest BCUT2D eigenvalue weighted by Crippen LogP contribution is -2.37. The van der Waals surface area contributed by atoms with E-state index in [1.807, 2.05) is 0 Å². The zero-order valence-electron chi connectivity index (χ0n) is 34.1. The van der Waals surface area contributed by atoms with Gasteiger partial charge in [-0.25, -0.2) is 0 Å². The Morgan fingerprint density at radius 1 is 0.672 bits per heavy atom. The van der Waals surface area contributed by atoms with Gasteiger partial charge in [-0.1, -0.05) is 104 Å². The SMILES string of the molecule is CCC1(CC)c2cc(-c3ccccc3)ccc2-c2c1c1c(c3cc(OC)c(N4CCOCC4)cc23)OC(c2ccc(C)cc2)(c2ccc(N3CCOCC3)cc2)C=C1. The summed E-state index contributed by atoms with van der Waals surface area (Å²) < 4.78 is 25.6. The van der Waals surface area contributed by atoms with E-state index < -0.39 is 5.60 Å². The lowest BCUT2D eigenvalue weighted by atomic mass is 9.70. The molecule has 0 bridgehead atoms. The standard InChI is InChI=1S/C52H52N2O4/c1-5-51(6-2)45-32-37(36-10-8-7-9-11-36)14-21-41(45)48-43-33-46(54-26-30-57-31-27-54)47(55-4)34-44(43)50-42(49(48)51)22-23-52(58-50,38-15-12-35(3)13-16-38)39-17-19-40(20-18-39)53-24-28-56-29-25-53/h7-23,32-34H,5-6,24-31H2,1-4H3. The number of ether oxygens (including phenoxy) is 4. The lowest BCUT2D eigenvalue weighted by Gasteiger charge is -2.40. The lowest BCUT2D eigenvalue weighted by molar-refractivity contribution is 0.122. The molecule has 1 aliphatic carbocycles. The number of anilines is 2. The first-order valence-electron chi connectivity index (χ1n) is 21.1. The van der Waals surface area contributed by atoms with Gasteiger partial charge >= 0.3 is 0 Å². The molecule has 0 aromatic heterocycles. The summed E-state index contributed by atoms with van der Waals surface area (Å²) >= 11 is 0. The molecular formula is C52H52N2O4. The highest BCUT2D eigenvalue weighted by atomic mass is 16.5. The second-order valence-electron chi connectivity index (χ2n) is 16.3. The molecule has 294 valence electrons. The first kappa shape index (κ1) is 36.8. The molecule has 6 aromatic carbocycles. The monoisotopic (exact) mass is 768 g/mol. The number of hydrogen-bond acceptors (Lipinski definition) is 6. The van der Waals surface area contributed by atoms with Gasteiger partial charge in [0.05, 0.1) is 39.2 Å². The van der Waals surface area contributed by atoms with Crippen molar-refractivity contribution >= 4 is 28.2 Å². The molecule has 6 aromatic rings. The predicted molar refractivity (Wildman–Crippen MR) is 237 cm³/mol. The van der Waals surface area contributed by atoms with E-state index >= 15 is 0 Å². The average molecular weight is 769 g/mol. The molecule has 1 unspecified atom stereocenters. The zero-order chi connectivity index (χ0) is 39.4. The molecule has 0 saturated carbocycles. The van der Waals surface area contributed by atoms with Gasteiger partial charge in [-0.15, -0.1) is 0 Å². The molecule has 10 rings (SSSR count). The summed E-state index contributed by atoms with van der Waals surface area (Å²) in [5.74, 6) is 1.75. The number of morpholine rings is 2. The average Bonchev–Trinajstić information content (AvgIpc) is 3.59. The van der Waals surface area contributed by atoms with Crippen LogP contribution in [0.2, 0.25) is 0 Å². The van der Waals surface area contributed by atoms with Crippen molar-refractivity contribution in [2.75, 3.05) is 69.5 Å². The second-order valence-corrected chi connectivity index (χ2v) is 16.3. The Kier molecular flexibility index (Phi) is 9.30. The number of benzene rings is 6. The molecular weight excluding hydrogens is 717 g/mol. The van der Waals surface area contributed by atoms with Crippen LogP contribution in [0.4, 0.5) is 11.4 Å². The van der Waals surface area contributed by atoms with E-state index in [0.29, 0.717) is 13.2 Å². The fourth-order valence-electron chi connectivity index (χ4n) is 10.3. The van der Waals surface area contributed by atoms with E-state index in [1.165, 1.54) is 50.0 Å². The fraction of sp³-hybridized carbons (Fsp3) is 0.308. The summed E-state index contributed by atoms with van der Waals surface area (Å²) in [4.78, 5) is 4.83. The van der Waals surface area contributed by atoms with Gasteiger partial charge in [0.1, 0.15) is 11.5 Å². The van der Waals surface area contributed by atoms with Gasteiger partial charge in [0.15, 0.2) is 5.60 Å². The molecule has 3 heterocycles. The molecule has 0 radical (unpaired) electrons. The van der Waals surface area contributed by atoms with Crippen LogP contribution in [0, 0.1) is 6.92 Å². The minimum absolute atomic E-state index is 0.218. The van der Waals surface area contributed by atoms with Crippen molar-refractivity contribution < 1.29 is 18.9 Å². The Bertz CT molecular complexity index is 2510. The highest BCUT2D eigenvalue weighted by Gasteiger charge is 2.47. The number of methoxy groups -OCH3 is 1. The third kappa shape index (κ3) is 5.75. The van der Waals surface area contributed by atoms with Crippen LogP contribution in [0.1, 0.15) is 60.1 Å². The van der Waals surface area contributed by atoms with Crippen LogP contribution in [-0.4, -0.2) is 59.7 Å². The van der Waals surface area contributed by atoms with Gasteiger partial charge in [0.25, 0.3) is 0 Å². The normalized spacial score (nSPS) is 19.4. The Balaban J connectivity index is 1.24. The smallest absolute Gasteiger partial charge is 0.178 e. The molecule has 58 heavy (non-hydrogen) atoms. The van der Waals surface area contributed by atoms with E-state index in [2.05, 4.69) is 152 Å². The van der Waals surface area contributed by atoms with Gasteiger partial charge in [0.2, 0.25) is 0 Å². The van der Waals surface area contributed by atoms with Crippen LogP contribution in [-0.2, 0) is 20.5 Å². The van der Waals surface area contributed by atoms with Crippen LogP contribution in [0.3, 0.4) is 0 Å². The van der Waals surface area contributed by atoms with Crippen LogP contribution in [0.25, 0.3) is 39.1 Å². The zero-order valence-corrected chi connectivity index (χ0v) is 34.1. The molecule has 0 spiro atoms. The highest BCUT2D eigenvalue weighted by Crippen LogP contribution is 2.61. The largest absolute Gasteiger partial charge is 0.495 e. The van der Waals surface area contributed by atoms with Crippen molar-refractivity contribution in [2.45, 2.75) is 44.6 Å². The van der Waals surface area contributed by atoms with Crippen LogP contribution in [0.15, 0.2) is 115 Å². The first-order valence-corrected chi connectivity index (χ1v) is 21.1. The summed E-state index contributed by atoms with van der Waals surface area (Å²) in [5.41, 5.74) is 13.7. The third-order valence-electron chi connectivity index (χ3n) is 13.4. The van der Waals surface area contributed by atoms with Gasteiger partial charge in [-0.05, 0) is 94.9 Å². The second kappa shape index (κ2) is 14.7. The maximum absolute atomic E-state index is 7.80. The highest BCUT2D eigenvalue weighted by molar-refractivity contribution is 6.10. The first-order chi connectivity index (χ1) is 28.5. The summed E-state index contributed by atoms with van der Waals surface area (Å²) in [6.07, 6.45) is 6.64. The summed E-state index contributed by atoms with van der Waals surface area (Å²) in [5, 5.41) is 2.26. The van der Waals surface area contributed by atoms with Crippen molar-refractivity contribution in [3.05, 3.63) is 149 Å². The van der Waals surface area contributed by atoms with E-state index in [4.69, 9.17) is 18.9 Å². The summed E-state index contributed by atoms with van der Waals surface area (Å²) in [6.45, 7) is 13.2. The molecule has 0 N–H and O–H groups in total. The Morgan fingerprint density at radius 2 is 1.33 bits per heavy atom. The molecule has 4 aliphatic rings.